The Labute approximate surface area is 109 Å². The summed E-state index contributed by atoms with van der Waals surface area (Å²) in [5.74, 6) is 0.349. The molecule has 0 spiro atoms. The Morgan fingerprint density at radius 2 is 2.17 bits per heavy atom. The van der Waals surface area contributed by atoms with Crippen molar-refractivity contribution in [1.82, 2.24) is 4.98 Å². The predicted octanol–water partition coefficient (Wildman–Crippen LogP) is 3.00. The van der Waals surface area contributed by atoms with Crippen molar-refractivity contribution >= 4 is 17.3 Å². The van der Waals surface area contributed by atoms with E-state index in [1.807, 2.05) is 29.6 Å². The van der Waals surface area contributed by atoms with Gasteiger partial charge in [0.1, 0.15) is 5.75 Å². The molecule has 94 valence electrons. The maximum Gasteiger partial charge on any atom is 0.367 e. The lowest BCUT2D eigenvalue weighted by Crippen LogP contribution is -2.03. The van der Waals surface area contributed by atoms with Crippen molar-refractivity contribution in [1.29, 1.82) is 0 Å². The number of ether oxygens (including phenoxy) is 2. The zero-order valence-electron chi connectivity index (χ0n) is 10.2. The fourth-order valence-corrected chi connectivity index (χ4v) is 2.25. The molecular weight excluding hydrogens is 250 g/mol. The summed E-state index contributed by atoms with van der Waals surface area (Å²) in [7, 11) is 1.61. The van der Waals surface area contributed by atoms with Gasteiger partial charge in [-0.25, -0.2) is 9.78 Å². The Kier molecular flexibility index (Phi) is 3.94. The number of hydrogen-bond donors (Lipinski definition) is 0. The molecule has 0 radical (unpaired) electrons. The SMILES string of the molecule is CCOC(=O)c1nc(-c2ccccc2OC)cs1. The van der Waals surface area contributed by atoms with Crippen LogP contribution in [0.1, 0.15) is 16.7 Å². The number of methoxy groups -OCH3 is 1. The van der Waals surface area contributed by atoms with Crippen LogP contribution in [0.15, 0.2) is 29.6 Å². The summed E-state index contributed by atoms with van der Waals surface area (Å²) in [5.41, 5.74) is 1.59. The number of carbonyl (C=O) groups is 1. The molecular formula is C13H13NO3S. The summed E-state index contributed by atoms with van der Waals surface area (Å²) >= 11 is 1.27. The number of hydrogen-bond acceptors (Lipinski definition) is 5. The highest BCUT2D eigenvalue weighted by Gasteiger charge is 2.14. The molecule has 1 aromatic heterocycles. The smallest absolute Gasteiger partial charge is 0.367 e. The van der Waals surface area contributed by atoms with E-state index in [-0.39, 0.29) is 5.97 Å². The van der Waals surface area contributed by atoms with Gasteiger partial charge in [-0.05, 0) is 19.1 Å². The summed E-state index contributed by atoms with van der Waals surface area (Å²) in [4.78, 5) is 15.8. The Bertz CT molecular complexity index is 551. The first-order valence-corrected chi connectivity index (χ1v) is 6.40. The third kappa shape index (κ3) is 2.51. The number of rotatable bonds is 4. The molecule has 0 aliphatic carbocycles. The van der Waals surface area contributed by atoms with Gasteiger partial charge in [0.2, 0.25) is 5.01 Å². The van der Waals surface area contributed by atoms with Crippen LogP contribution >= 0.6 is 11.3 Å². The molecule has 1 aromatic carbocycles. The summed E-state index contributed by atoms with van der Waals surface area (Å²) in [6.07, 6.45) is 0. The third-order valence-corrected chi connectivity index (χ3v) is 3.16. The van der Waals surface area contributed by atoms with E-state index in [4.69, 9.17) is 9.47 Å². The molecule has 0 amide bonds. The molecule has 4 nitrogen and oxygen atoms in total. The number of thiazole rings is 1. The number of carbonyl (C=O) groups excluding carboxylic acids is 1. The standard InChI is InChI=1S/C13H13NO3S/c1-3-17-13(15)12-14-10(8-18-12)9-6-4-5-7-11(9)16-2/h4-8H,3H2,1-2H3. The molecule has 0 N–H and O–H groups in total. The Morgan fingerprint density at radius 1 is 1.39 bits per heavy atom. The maximum atomic E-state index is 11.5. The summed E-state index contributed by atoms with van der Waals surface area (Å²) in [6.45, 7) is 2.12. The van der Waals surface area contributed by atoms with Crippen molar-refractivity contribution in [3.63, 3.8) is 0 Å². The Morgan fingerprint density at radius 3 is 2.89 bits per heavy atom. The van der Waals surface area contributed by atoms with E-state index in [2.05, 4.69) is 4.98 Å². The fraction of sp³-hybridized carbons (Fsp3) is 0.231. The van der Waals surface area contributed by atoms with Gasteiger partial charge in [-0.1, -0.05) is 12.1 Å². The minimum atomic E-state index is -0.386. The highest BCUT2D eigenvalue weighted by Crippen LogP contribution is 2.30. The molecule has 5 heteroatoms. The molecule has 0 aliphatic heterocycles. The van der Waals surface area contributed by atoms with Gasteiger partial charge in [0, 0.05) is 10.9 Å². The van der Waals surface area contributed by atoms with Crippen LogP contribution in [-0.2, 0) is 4.74 Å². The molecule has 0 saturated heterocycles. The Hall–Kier alpha value is -1.88. The lowest BCUT2D eigenvalue weighted by atomic mass is 10.1. The average Bonchev–Trinajstić information content (AvgIpc) is 2.88. The number of nitrogens with zero attached hydrogens (tertiary/aromatic N) is 1. The van der Waals surface area contributed by atoms with Crippen molar-refractivity contribution in [2.75, 3.05) is 13.7 Å². The van der Waals surface area contributed by atoms with Gasteiger partial charge in [0.25, 0.3) is 0 Å². The largest absolute Gasteiger partial charge is 0.496 e. The molecule has 0 saturated carbocycles. The predicted molar refractivity (Wildman–Crippen MR) is 70.1 cm³/mol. The summed E-state index contributed by atoms with van der Waals surface area (Å²) in [6, 6.07) is 7.56. The van der Waals surface area contributed by atoms with Gasteiger partial charge in [-0.3, -0.25) is 0 Å². The highest BCUT2D eigenvalue weighted by molar-refractivity contribution is 7.11. The van der Waals surface area contributed by atoms with Gasteiger partial charge >= 0.3 is 5.97 Å². The monoisotopic (exact) mass is 263 g/mol. The quantitative estimate of drug-likeness (QED) is 0.796. The van der Waals surface area contributed by atoms with Crippen molar-refractivity contribution in [2.45, 2.75) is 6.92 Å². The second-order valence-electron chi connectivity index (χ2n) is 3.46. The molecule has 2 rings (SSSR count). The van der Waals surface area contributed by atoms with Crippen LogP contribution in [0.4, 0.5) is 0 Å². The highest BCUT2D eigenvalue weighted by atomic mass is 32.1. The van der Waals surface area contributed by atoms with E-state index in [0.29, 0.717) is 11.6 Å². The van der Waals surface area contributed by atoms with Crippen LogP contribution < -0.4 is 4.74 Å². The lowest BCUT2D eigenvalue weighted by molar-refractivity contribution is 0.0526. The van der Waals surface area contributed by atoms with Gasteiger partial charge in [-0.15, -0.1) is 11.3 Å². The van der Waals surface area contributed by atoms with E-state index >= 15 is 0 Å². The van der Waals surface area contributed by atoms with Crippen LogP contribution in [0.25, 0.3) is 11.3 Å². The van der Waals surface area contributed by atoms with Crippen LogP contribution in [0.5, 0.6) is 5.75 Å². The molecule has 1 heterocycles. The molecule has 0 unspecified atom stereocenters. The second kappa shape index (κ2) is 5.64. The van der Waals surface area contributed by atoms with E-state index in [1.54, 1.807) is 14.0 Å². The van der Waals surface area contributed by atoms with Crippen molar-refractivity contribution < 1.29 is 14.3 Å². The van der Waals surface area contributed by atoms with Gasteiger partial charge in [0.15, 0.2) is 0 Å². The molecule has 0 fully saturated rings. The normalized spacial score (nSPS) is 10.1. The first kappa shape index (κ1) is 12.6. The van der Waals surface area contributed by atoms with Crippen molar-refractivity contribution in [2.24, 2.45) is 0 Å². The maximum absolute atomic E-state index is 11.5. The average molecular weight is 263 g/mol. The third-order valence-electron chi connectivity index (χ3n) is 2.34. The number of benzene rings is 1. The minimum absolute atomic E-state index is 0.350. The summed E-state index contributed by atoms with van der Waals surface area (Å²) in [5, 5.41) is 2.18. The Balaban J connectivity index is 2.32. The molecule has 0 bridgehead atoms. The van der Waals surface area contributed by atoms with E-state index in [9.17, 15) is 4.79 Å². The van der Waals surface area contributed by atoms with Gasteiger partial charge in [-0.2, -0.15) is 0 Å². The van der Waals surface area contributed by atoms with Crippen LogP contribution in [0.2, 0.25) is 0 Å². The van der Waals surface area contributed by atoms with Crippen LogP contribution in [-0.4, -0.2) is 24.7 Å². The van der Waals surface area contributed by atoms with Crippen LogP contribution in [0.3, 0.4) is 0 Å². The molecule has 2 aromatic rings. The van der Waals surface area contributed by atoms with E-state index in [1.165, 1.54) is 11.3 Å². The van der Waals surface area contributed by atoms with Gasteiger partial charge < -0.3 is 9.47 Å². The van der Waals surface area contributed by atoms with E-state index < -0.39 is 0 Å². The van der Waals surface area contributed by atoms with Gasteiger partial charge in [0.05, 0.1) is 19.4 Å². The second-order valence-corrected chi connectivity index (χ2v) is 4.32. The molecule has 18 heavy (non-hydrogen) atoms. The van der Waals surface area contributed by atoms with Crippen molar-refractivity contribution in [3.05, 3.63) is 34.7 Å². The van der Waals surface area contributed by atoms with Crippen LogP contribution in [0, 0.1) is 0 Å². The zero-order valence-corrected chi connectivity index (χ0v) is 11.0. The van der Waals surface area contributed by atoms with Crippen molar-refractivity contribution in [3.8, 4) is 17.0 Å². The fourth-order valence-electron chi connectivity index (χ4n) is 1.54. The minimum Gasteiger partial charge on any atom is -0.496 e. The number of esters is 1. The molecule has 0 aliphatic rings. The number of para-hydroxylation sites is 1. The topological polar surface area (TPSA) is 48.4 Å². The summed E-state index contributed by atoms with van der Waals surface area (Å²) < 4.78 is 10.2. The first-order valence-electron chi connectivity index (χ1n) is 5.52. The number of aromatic nitrogens is 1. The first-order chi connectivity index (χ1) is 8.76. The molecule has 0 atom stereocenters. The lowest BCUT2D eigenvalue weighted by Gasteiger charge is -2.04. The van der Waals surface area contributed by atoms with E-state index in [0.717, 1.165) is 17.0 Å². The zero-order chi connectivity index (χ0) is 13.0.